The summed E-state index contributed by atoms with van der Waals surface area (Å²) in [4.78, 5) is 14.6. The summed E-state index contributed by atoms with van der Waals surface area (Å²) in [6, 6.07) is 7.22. The molecule has 0 aliphatic rings. The molecule has 0 amide bonds. The van der Waals surface area contributed by atoms with Crippen LogP contribution in [-0.4, -0.2) is 21.2 Å². The maximum absolute atomic E-state index is 10.4. The van der Waals surface area contributed by atoms with Gasteiger partial charge in [-0.2, -0.15) is 0 Å². The summed E-state index contributed by atoms with van der Waals surface area (Å²) >= 11 is 0. The van der Waals surface area contributed by atoms with Crippen LogP contribution in [0.15, 0.2) is 30.5 Å². The van der Waals surface area contributed by atoms with Crippen molar-refractivity contribution in [2.24, 2.45) is 0 Å². The van der Waals surface area contributed by atoms with Crippen LogP contribution in [0, 0.1) is 0 Å². The predicted molar refractivity (Wildman–Crippen MR) is 59.4 cm³/mol. The Morgan fingerprint density at radius 1 is 1.31 bits per heavy atom. The summed E-state index contributed by atoms with van der Waals surface area (Å²) in [7, 11) is 0. The number of carboxylic acid groups (broad SMARTS) is 1. The number of aromatic nitrogens is 1. The van der Waals surface area contributed by atoms with E-state index in [9.17, 15) is 9.90 Å². The molecule has 82 valence electrons. The maximum atomic E-state index is 10.4. The average molecular weight is 217 g/mol. The van der Waals surface area contributed by atoms with E-state index >= 15 is 0 Å². The largest absolute Gasteiger partial charge is 0.507 e. The van der Waals surface area contributed by atoms with Crippen molar-refractivity contribution in [2.45, 2.75) is 12.8 Å². The molecule has 0 atom stereocenters. The van der Waals surface area contributed by atoms with Crippen LogP contribution in [0.4, 0.5) is 0 Å². The van der Waals surface area contributed by atoms with Crippen LogP contribution in [0.3, 0.4) is 0 Å². The number of para-hydroxylation sites is 1. The molecule has 0 spiro atoms. The van der Waals surface area contributed by atoms with Crippen molar-refractivity contribution >= 4 is 16.9 Å². The van der Waals surface area contributed by atoms with E-state index in [0.717, 1.165) is 0 Å². The standard InChI is InChI=1S/C12H11NO3/c14-11(15)6-5-8-7-13-10-4-2-1-3-9(10)12(8)16/h1-4,7H,5-6H2,(H,13,16)(H,14,15). The molecule has 0 aliphatic carbocycles. The Balaban J connectivity index is 2.40. The number of carbonyl (C=O) groups is 1. The van der Waals surface area contributed by atoms with Crippen molar-refractivity contribution in [2.75, 3.05) is 0 Å². The molecule has 2 rings (SSSR count). The topological polar surface area (TPSA) is 70.4 Å². The Labute approximate surface area is 92.2 Å². The number of pyridine rings is 1. The van der Waals surface area contributed by atoms with Gasteiger partial charge < -0.3 is 10.2 Å². The minimum Gasteiger partial charge on any atom is -0.507 e. The maximum Gasteiger partial charge on any atom is 0.303 e. The van der Waals surface area contributed by atoms with E-state index in [1.807, 2.05) is 12.1 Å². The van der Waals surface area contributed by atoms with E-state index in [1.165, 1.54) is 6.20 Å². The number of hydrogen-bond acceptors (Lipinski definition) is 3. The SMILES string of the molecule is O=C(O)CCc1cnc2ccccc2c1O. The molecule has 1 aromatic carbocycles. The molecule has 1 aromatic heterocycles. The summed E-state index contributed by atoms with van der Waals surface area (Å²) in [6.45, 7) is 0. The van der Waals surface area contributed by atoms with E-state index in [2.05, 4.69) is 4.98 Å². The number of carboxylic acids is 1. The Kier molecular flexibility index (Phi) is 2.72. The first kappa shape index (κ1) is 10.4. The molecule has 0 aliphatic heterocycles. The summed E-state index contributed by atoms with van der Waals surface area (Å²) in [5, 5.41) is 19.2. The van der Waals surface area contributed by atoms with Gasteiger partial charge in [0.2, 0.25) is 0 Å². The van der Waals surface area contributed by atoms with E-state index in [1.54, 1.807) is 12.1 Å². The smallest absolute Gasteiger partial charge is 0.303 e. The Morgan fingerprint density at radius 2 is 2.06 bits per heavy atom. The average Bonchev–Trinajstić information content (AvgIpc) is 2.28. The second kappa shape index (κ2) is 4.18. The first-order valence-electron chi connectivity index (χ1n) is 4.96. The lowest BCUT2D eigenvalue weighted by molar-refractivity contribution is -0.136. The lowest BCUT2D eigenvalue weighted by Gasteiger charge is -2.05. The van der Waals surface area contributed by atoms with Gasteiger partial charge in [-0.25, -0.2) is 0 Å². The van der Waals surface area contributed by atoms with Gasteiger partial charge in [0.25, 0.3) is 0 Å². The zero-order chi connectivity index (χ0) is 11.5. The van der Waals surface area contributed by atoms with Crippen LogP contribution in [0.1, 0.15) is 12.0 Å². The molecule has 0 bridgehead atoms. The number of nitrogens with zero attached hydrogens (tertiary/aromatic N) is 1. The van der Waals surface area contributed by atoms with E-state index in [4.69, 9.17) is 5.11 Å². The molecule has 4 nitrogen and oxygen atoms in total. The lowest BCUT2D eigenvalue weighted by Crippen LogP contribution is -1.98. The van der Waals surface area contributed by atoms with Crippen molar-refractivity contribution in [3.05, 3.63) is 36.0 Å². The van der Waals surface area contributed by atoms with Gasteiger partial charge in [-0.05, 0) is 18.6 Å². The molecule has 2 N–H and O–H groups in total. The van der Waals surface area contributed by atoms with Crippen molar-refractivity contribution < 1.29 is 15.0 Å². The first-order valence-corrected chi connectivity index (χ1v) is 4.96. The highest BCUT2D eigenvalue weighted by Crippen LogP contribution is 2.27. The van der Waals surface area contributed by atoms with Gasteiger partial charge in [0.05, 0.1) is 5.52 Å². The minimum absolute atomic E-state index is 0.00637. The number of fused-ring (bicyclic) bond motifs is 1. The summed E-state index contributed by atoms with van der Waals surface area (Å²) in [5.74, 6) is -0.751. The summed E-state index contributed by atoms with van der Waals surface area (Å²) in [6.07, 6.45) is 1.81. The molecule has 1 heterocycles. The third kappa shape index (κ3) is 1.95. The van der Waals surface area contributed by atoms with Crippen LogP contribution in [0.2, 0.25) is 0 Å². The van der Waals surface area contributed by atoms with Crippen molar-refractivity contribution in [3.63, 3.8) is 0 Å². The Hall–Kier alpha value is -2.10. The van der Waals surface area contributed by atoms with Crippen molar-refractivity contribution in [3.8, 4) is 5.75 Å². The number of hydrogen-bond donors (Lipinski definition) is 2. The highest BCUT2D eigenvalue weighted by molar-refractivity contribution is 5.85. The lowest BCUT2D eigenvalue weighted by atomic mass is 10.1. The molecule has 16 heavy (non-hydrogen) atoms. The third-order valence-corrected chi connectivity index (χ3v) is 2.43. The van der Waals surface area contributed by atoms with Crippen molar-refractivity contribution in [1.29, 1.82) is 0 Å². The zero-order valence-electron chi connectivity index (χ0n) is 8.55. The second-order valence-electron chi connectivity index (χ2n) is 3.54. The van der Waals surface area contributed by atoms with Gasteiger partial charge in [-0.1, -0.05) is 12.1 Å². The molecule has 0 saturated carbocycles. The Morgan fingerprint density at radius 3 is 2.81 bits per heavy atom. The van der Waals surface area contributed by atoms with Gasteiger partial charge in [0.15, 0.2) is 0 Å². The molecule has 0 radical (unpaired) electrons. The third-order valence-electron chi connectivity index (χ3n) is 2.43. The highest BCUT2D eigenvalue weighted by atomic mass is 16.4. The van der Waals surface area contributed by atoms with Gasteiger partial charge in [-0.3, -0.25) is 9.78 Å². The van der Waals surface area contributed by atoms with Crippen LogP contribution in [-0.2, 0) is 11.2 Å². The van der Waals surface area contributed by atoms with Gasteiger partial charge in [0, 0.05) is 23.6 Å². The van der Waals surface area contributed by atoms with Crippen LogP contribution in [0.5, 0.6) is 5.75 Å². The number of aryl methyl sites for hydroxylation is 1. The van der Waals surface area contributed by atoms with Crippen LogP contribution < -0.4 is 0 Å². The van der Waals surface area contributed by atoms with Crippen LogP contribution in [0.25, 0.3) is 10.9 Å². The zero-order valence-corrected chi connectivity index (χ0v) is 8.55. The predicted octanol–water partition coefficient (Wildman–Crippen LogP) is 1.96. The summed E-state index contributed by atoms with van der Waals surface area (Å²) in [5.41, 5.74) is 1.28. The van der Waals surface area contributed by atoms with E-state index in [0.29, 0.717) is 22.9 Å². The Bertz CT molecular complexity index is 537. The normalized spacial score (nSPS) is 10.5. The monoisotopic (exact) mass is 217 g/mol. The van der Waals surface area contributed by atoms with Crippen LogP contribution >= 0.6 is 0 Å². The van der Waals surface area contributed by atoms with E-state index < -0.39 is 5.97 Å². The molecule has 0 unspecified atom stereocenters. The molecular formula is C12H11NO3. The number of aliphatic carboxylic acids is 1. The molecule has 4 heteroatoms. The second-order valence-corrected chi connectivity index (χ2v) is 3.54. The molecule has 0 saturated heterocycles. The fourth-order valence-corrected chi connectivity index (χ4v) is 1.59. The first-order chi connectivity index (χ1) is 7.68. The molecule has 2 aromatic rings. The minimum atomic E-state index is -0.882. The van der Waals surface area contributed by atoms with Gasteiger partial charge in [-0.15, -0.1) is 0 Å². The fourth-order valence-electron chi connectivity index (χ4n) is 1.59. The number of aromatic hydroxyl groups is 1. The van der Waals surface area contributed by atoms with E-state index in [-0.39, 0.29) is 12.2 Å². The molecular weight excluding hydrogens is 206 g/mol. The molecule has 0 fully saturated rings. The van der Waals surface area contributed by atoms with Gasteiger partial charge >= 0.3 is 5.97 Å². The van der Waals surface area contributed by atoms with Gasteiger partial charge in [0.1, 0.15) is 5.75 Å². The van der Waals surface area contributed by atoms with Crippen molar-refractivity contribution in [1.82, 2.24) is 4.98 Å². The summed E-state index contributed by atoms with van der Waals surface area (Å²) < 4.78 is 0. The number of rotatable bonds is 3. The quantitative estimate of drug-likeness (QED) is 0.824. The fraction of sp³-hybridized carbons (Fsp3) is 0.167. The number of benzene rings is 1. The highest BCUT2D eigenvalue weighted by Gasteiger charge is 2.08.